The average molecular weight is 525 g/mol. The van der Waals surface area contributed by atoms with Gasteiger partial charge in [-0.1, -0.05) is 6.07 Å². The lowest BCUT2D eigenvalue weighted by molar-refractivity contribution is -0.158. The highest BCUT2D eigenvalue weighted by molar-refractivity contribution is 7.97. The maximum absolute atomic E-state index is 12.0. The molecular weight excluding hydrogens is 490 g/mol. The minimum absolute atomic E-state index is 0.159. The van der Waals surface area contributed by atoms with Crippen molar-refractivity contribution < 1.29 is 28.5 Å². The van der Waals surface area contributed by atoms with Gasteiger partial charge in [-0.05, 0) is 96.1 Å². The van der Waals surface area contributed by atoms with Crippen LogP contribution in [0.2, 0.25) is 0 Å². The maximum Gasteiger partial charge on any atom is 0.344 e. The van der Waals surface area contributed by atoms with Crippen LogP contribution in [0.15, 0.2) is 87.7 Å². The van der Waals surface area contributed by atoms with Gasteiger partial charge in [0.15, 0.2) is 23.0 Å². The molecule has 0 saturated carbocycles. The predicted molar refractivity (Wildman–Crippen MR) is 142 cm³/mol. The quantitative estimate of drug-likeness (QED) is 0.265. The minimum atomic E-state index is -0.558. The molecule has 0 N–H and O–H groups in total. The van der Waals surface area contributed by atoms with Gasteiger partial charge in [0, 0.05) is 12.3 Å². The number of pyridine rings is 1. The summed E-state index contributed by atoms with van der Waals surface area (Å²) in [5.41, 5.74) is -1.12. The van der Waals surface area contributed by atoms with E-state index in [9.17, 15) is 9.59 Å². The monoisotopic (exact) mass is 524 g/mol. The summed E-state index contributed by atoms with van der Waals surface area (Å²) in [5.74, 6) is 0.313. The van der Waals surface area contributed by atoms with Crippen molar-refractivity contribution in [2.75, 3.05) is 13.2 Å². The normalized spacial score (nSPS) is 11.6. The first-order chi connectivity index (χ1) is 17.4. The second-order valence-corrected chi connectivity index (χ2v) is 12.1. The summed E-state index contributed by atoms with van der Waals surface area (Å²) in [6.07, 6.45) is 1.77. The third-order valence-corrected chi connectivity index (χ3v) is 6.67. The number of hydrogen-bond donors (Lipinski definition) is 0. The van der Waals surface area contributed by atoms with E-state index in [0.717, 1.165) is 14.8 Å². The standard InChI is InChI=1S/C29H34NO6S/c1-28(2,3)35-26(31)19-33-21-10-14-23(15-11-21)37(25-9-7-8-18-30-25)24-16-12-22(13-17-24)34-20-27(32)36-29(4,5)6/h7-18H,19-20H2,1-6H3/q+1. The van der Waals surface area contributed by atoms with E-state index in [-0.39, 0.29) is 13.2 Å². The second kappa shape index (κ2) is 12.1. The van der Waals surface area contributed by atoms with E-state index in [2.05, 4.69) is 4.98 Å². The zero-order chi connectivity index (χ0) is 27.1. The van der Waals surface area contributed by atoms with Crippen LogP contribution in [0.5, 0.6) is 11.5 Å². The molecule has 0 aliphatic rings. The molecule has 2 aromatic carbocycles. The van der Waals surface area contributed by atoms with E-state index < -0.39 is 34.0 Å². The molecule has 37 heavy (non-hydrogen) atoms. The summed E-state index contributed by atoms with van der Waals surface area (Å²) in [7, 11) is -0.489. The first-order valence-electron chi connectivity index (χ1n) is 11.9. The lowest BCUT2D eigenvalue weighted by Gasteiger charge is -2.19. The van der Waals surface area contributed by atoms with Gasteiger partial charge < -0.3 is 18.9 Å². The fraction of sp³-hybridized carbons (Fsp3) is 0.345. The average Bonchev–Trinajstić information content (AvgIpc) is 2.82. The van der Waals surface area contributed by atoms with Crippen LogP contribution in [0.4, 0.5) is 0 Å². The third kappa shape index (κ3) is 9.46. The highest BCUT2D eigenvalue weighted by Crippen LogP contribution is 2.32. The molecule has 3 aromatic rings. The van der Waals surface area contributed by atoms with Crippen LogP contribution < -0.4 is 9.47 Å². The molecule has 0 atom stereocenters. The van der Waals surface area contributed by atoms with Gasteiger partial charge in [-0.2, -0.15) is 0 Å². The van der Waals surface area contributed by atoms with E-state index in [0.29, 0.717) is 11.5 Å². The third-order valence-electron chi connectivity index (χ3n) is 4.52. The number of benzene rings is 2. The van der Waals surface area contributed by atoms with Crippen LogP contribution in [0, 0.1) is 0 Å². The van der Waals surface area contributed by atoms with Crippen molar-refractivity contribution in [1.82, 2.24) is 4.98 Å². The molecule has 0 fully saturated rings. The zero-order valence-corrected chi connectivity index (χ0v) is 23.0. The number of ether oxygens (including phenoxy) is 4. The summed E-state index contributed by atoms with van der Waals surface area (Å²) >= 11 is 0. The molecule has 3 rings (SSSR count). The minimum Gasteiger partial charge on any atom is -0.482 e. The fourth-order valence-corrected chi connectivity index (χ4v) is 5.17. The molecule has 0 unspecified atom stereocenters. The van der Waals surface area contributed by atoms with E-state index in [4.69, 9.17) is 18.9 Å². The molecule has 1 aromatic heterocycles. The summed E-state index contributed by atoms with van der Waals surface area (Å²) in [6, 6.07) is 21.0. The van der Waals surface area contributed by atoms with Gasteiger partial charge in [-0.3, -0.25) is 0 Å². The molecule has 0 radical (unpaired) electrons. The molecular formula is C29H34NO6S+. The Hall–Kier alpha value is -3.52. The molecule has 1 heterocycles. The van der Waals surface area contributed by atoms with Gasteiger partial charge in [0.05, 0.1) is 0 Å². The molecule has 196 valence electrons. The van der Waals surface area contributed by atoms with E-state index >= 15 is 0 Å². The number of rotatable bonds is 9. The highest BCUT2D eigenvalue weighted by atomic mass is 32.2. The van der Waals surface area contributed by atoms with Crippen molar-refractivity contribution in [3.05, 3.63) is 72.9 Å². The van der Waals surface area contributed by atoms with Crippen LogP contribution >= 0.6 is 0 Å². The van der Waals surface area contributed by atoms with Crippen LogP contribution in [-0.4, -0.2) is 41.3 Å². The number of carbonyl (C=O) groups excluding carboxylic acids is 2. The van der Waals surface area contributed by atoms with E-state index in [1.165, 1.54) is 0 Å². The topological polar surface area (TPSA) is 84.0 Å². The molecule has 0 bridgehead atoms. The van der Waals surface area contributed by atoms with Gasteiger partial charge in [0.25, 0.3) is 5.03 Å². The Morgan fingerprint density at radius 1 is 0.676 bits per heavy atom. The number of hydrogen-bond acceptors (Lipinski definition) is 7. The Bertz CT molecular complexity index is 1090. The van der Waals surface area contributed by atoms with Gasteiger partial charge in [-0.15, -0.1) is 0 Å². The van der Waals surface area contributed by atoms with Crippen molar-refractivity contribution in [1.29, 1.82) is 0 Å². The Morgan fingerprint density at radius 2 is 1.11 bits per heavy atom. The van der Waals surface area contributed by atoms with Gasteiger partial charge >= 0.3 is 11.9 Å². The Labute approximate surface area is 221 Å². The smallest absolute Gasteiger partial charge is 0.344 e. The van der Waals surface area contributed by atoms with E-state index in [1.807, 2.05) is 108 Å². The van der Waals surface area contributed by atoms with Crippen LogP contribution in [0.25, 0.3) is 0 Å². The molecule has 8 heteroatoms. The van der Waals surface area contributed by atoms with Crippen molar-refractivity contribution in [3.8, 4) is 11.5 Å². The molecule has 7 nitrogen and oxygen atoms in total. The van der Waals surface area contributed by atoms with Gasteiger partial charge in [0.2, 0.25) is 0 Å². The number of aromatic nitrogens is 1. The summed E-state index contributed by atoms with van der Waals surface area (Å²) < 4.78 is 21.8. The maximum atomic E-state index is 12.0. The SMILES string of the molecule is CC(C)(C)OC(=O)COc1ccc([S+](c2ccc(OCC(=O)OC(C)(C)C)cc2)c2ccccn2)cc1. The Morgan fingerprint density at radius 3 is 1.46 bits per heavy atom. The van der Waals surface area contributed by atoms with Crippen LogP contribution in [0.1, 0.15) is 41.5 Å². The molecule has 0 spiro atoms. The first kappa shape index (κ1) is 28.1. The summed E-state index contributed by atoms with van der Waals surface area (Å²) in [4.78, 5) is 30.6. The van der Waals surface area contributed by atoms with Crippen molar-refractivity contribution in [3.63, 3.8) is 0 Å². The number of nitrogens with zero attached hydrogens (tertiary/aromatic N) is 1. The Kier molecular flexibility index (Phi) is 9.21. The van der Waals surface area contributed by atoms with E-state index in [1.54, 1.807) is 6.20 Å². The van der Waals surface area contributed by atoms with Gasteiger partial charge in [0.1, 0.15) is 33.6 Å². The van der Waals surface area contributed by atoms with Gasteiger partial charge in [-0.25, -0.2) is 14.6 Å². The molecule has 0 amide bonds. The van der Waals surface area contributed by atoms with Crippen LogP contribution in [0.3, 0.4) is 0 Å². The molecule has 0 aliphatic heterocycles. The fourth-order valence-electron chi connectivity index (χ4n) is 3.22. The van der Waals surface area contributed by atoms with Crippen LogP contribution in [-0.2, 0) is 30.0 Å². The number of carbonyl (C=O) groups is 2. The largest absolute Gasteiger partial charge is 0.482 e. The van der Waals surface area contributed by atoms with Crippen molar-refractivity contribution >= 4 is 22.8 Å². The van der Waals surface area contributed by atoms with Crippen molar-refractivity contribution in [2.45, 2.75) is 67.6 Å². The number of esters is 2. The summed E-state index contributed by atoms with van der Waals surface area (Å²) in [6.45, 7) is 10.6. The molecule has 0 aliphatic carbocycles. The second-order valence-electron chi connectivity index (χ2n) is 10.2. The predicted octanol–water partition coefficient (Wildman–Crippen LogP) is 5.62. The highest BCUT2D eigenvalue weighted by Gasteiger charge is 2.30. The lowest BCUT2D eigenvalue weighted by Crippen LogP contribution is -2.27. The zero-order valence-electron chi connectivity index (χ0n) is 22.1. The Balaban J connectivity index is 1.73. The lowest BCUT2D eigenvalue weighted by atomic mass is 10.2. The first-order valence-corrected chi connectivity index (χ1v) is 13.2. The molecule has 0 saturated heterocycles. The van der Waals surface area contributed by atoms with Crippen molar-refractivity contribution in [2.24, 2.45) is 0 Å². The summed E-state index contributed by atoms with van der Waals surface area (Å²) in [5, 5.41) is 0.910.